The molecular weight excluding hydrogens is 230 g/mol. The van der Waals surface area contributed by atoms with Gasteiger partial charge in [-0.25, -0.2) is 0 Å². The minimum Gasteiger partial charge on any atom is -0.496 e. The van der Waals surface area contributed by atoms with Crippen molar-refractivity contribution in [1.29, 1.82) is 0 Å². The molecule has 96 valence electrons. The Labute approximate surface area is 106 Å². The number of nitrogens with one attached hydrogen (secondary N) is 1. The van der Waals surface area contributed by atoms with Crippen LogP contribution < -0.4 is 15.2 Å². The molecule has 0 spiro atoms. The van der Waals surface area contributed by atoms with E-state index in [1.54, 1.807) is 14.2 Å². The maximum atomic E-state index is 5.56. The van der Waals surface area contributed by atoms with Gasteiger partial charge >= 0.3 is 0 Å². The van der Waals surface area contributed by atoms with Crippen molar-refractivity contribution in [2.75, 3.05) is 14.2 Å². The fourth-order valence-electron chi connectivity index (χ4n) is 1.96. The van der Waals surface area contributed by atoms with Gasteiger partial charge in [0.25, 0.3) is 0 Å². The summed E-state index contributed by atoms with van der Waals surface area (Å²) in [5, 5.41) is 7.13. The van der Waals surface area contributed by atoms with E-state index in [9.17, 15) is 0 Å². The van der Waals surface area contributed by atoms with Gasteiger partial charge in [0.05, 0.1) is 19.9 Å². The third-order valence-corrected chi connectivity index (χ3v) is 2.91. The van der Waals surface area contributed by atoms with E-state index >= 15 is 0 Å². The molecule has 2 aromatic rings. The lowest BCUT2D eigenvalue weighted by molar-refractivity contribution is 0.390. The van der Waals surface area contributed by atoms with Gasteiger partial charge in [-0.2, -0.15) is 5.10 Å². The monoisotopic (exact) mass is 247 g/mol. The summed E-state index contributed by atoms with van der Waals surface area (Å²) in [4.78, 5) is 0. The van der Waals surface area contributed by atoms with Gasteiger partial charge in [0.2, 0.25) is 0 Å². The topological polar surface area (TPSA) is 73.2 Å². The van der Waals surface area contributed by atoms with Crippen LogP contribution in [0, 0.1) is 6.92 Å². The summed E-state index contributed by atoms with van der Waals surface area (Å²) in [6.45, 7) is 2.39. The predicted octanol–water partition coefficient (Wildman–Crippen LogP) is 1.86. The first-order valence-corrected chi connectivity index (χ1v) is 5.67. The van der Waals surface area contributed by atoms with Crippen molar-refractivity contribution in [1.82, 2.24) is 10.2 Å². The summed E-state index contributed by atoms with van der Waals surface area (Å²) >= 11 is 0. The first-order chi connectivity index (χ1) is 8.71. The van der Waals surface area contributed by atoms with E-state index in [0.29, 0.717) is 6.54 Å². The SMILES string of the molecule is COc1ccc(-c2cc(CN)[nH]n2)c(OC)c1C. The van der Waals surface area contributed by atoms with Crippen molar-refractivity contribution in [3.63, 3.8) is 0 Å². The number of nitrogens with zero attached hydrogens (tertiary/aromatic N) is 1. The number of hydrogen-bond donors (Lipinski definition) is 2. The summed E-state index contributed by atoms with van der Waals surface area (Å²) in [6.07, 6.45) is 0. The number of methoxy groups -OCH3 is 2. The highest BCUT2D eigenvalue weighted by molar-refractivity contribution is 5.71. The van der Waals surface area contributed by atoms with Gasteiger partial charge in [-0.15, -0.1) is 0 Å². The van der Waals surface area contributed by atoms with E-state index in [2.05, 4.69) is 10.2 Å². The van der Waals surface area contributed by atoms with Crippen LogP contribution in [0.15, 0.2) is 18.2 Å². The molecule has 0 bridgehead atoms. The van der Waals surface area contributed by atoms with Crippen molar-refractivity contribution in [3.05, 3.63) is 29.5 Å². The summed E-state index contributed by atoms with van der Waals surface area (Å²) in [5.74, 6) is 1.56. The lowest BCUT2D eigenvalue weighted by atomic mass is 10.1. The fourth-order valence-corrected chi connectivity index (χ4v) is 1.96. The zero-order valence-electron chi connectivity index (χ0n) is 10.8. The Balaban J connectivity index is 2.53. The molecule has 0 aliphatic rings. The zero-order valence-corrected chi connectivity index (χ0v) is 10.8. The van der Waals surface area contributed by atoms with Gasteiger partial charge in [0, 0.05) is 23.4 Å². The Morgan fingerprint density at radius 2 is 2.06 bits per heavy atom. The predicted molar refractivity (Wildman–Crippen MR) is 69.8 cm³/mol. The molecule has 5 nitrogen and oxygen atoms in total. The maximum absolute atomic E-state index is 5.56. The molecular formula is C13H17N3O2. The number of aromatic amines is 1. The molecule has 0 fully saturated rings. The van der Waals surface area contributed by atoms with Crippen molar-refractivity contribution in [2.45, 2.75) is 13.5 Å². The Hall–Kier alpha value is -2.01. The smallest absolute Gasteiger partial charge is 0.134 e. The molecule has 0 aliphatic heterocycles. The highest BCUT2D eigenvalue weighted by atomic mass is 16.5. The molecule has 5 heteroatoms. The third kappa shape index (κ3) is 2.04. The number of aromatic nitrogens is 2. The molecule has 3 N–H and O–H groups in total. The first kappa shape index (κ1) is 12.4. The van der Waals surface area contributed by atoms with Crippen LogP contribution in [0.1, 0.15) is 11.3 Å². The Kier molecular flexibility index (Phi) is 3.53. The summed E-state index contributed by atoms with van der Waals surface area (Å²) in [6, 6.07) is 5.76. The Bertz CT molecular complexity index is 549. The lowest BCUT2D eigenvalue weighted by Gasteiger charge is -2.12. The van der Waals surface area contributed by atoms with Gasteiger partial charge in [0.1, 0.15) is 11.5 Å². The minimum absolute atomic E-state index is 0.435. The zero-order chi connectivity index (χ0) is 13.1. The molecule has 1 heterocycles. The fraction of sp³-hybridized carbons (Fsp3) is 0.308. The Morgan fingerprint density at radius 3 is 2.61 bits per heavy atom. The lowest BCUT2D eigenvalue weighted by Crippen LogP contribution is -1.95. The average Bonchev–Trinajstić information content (AvgIpc) is 2.87. The van der Waals surface area contributed by atoms with Crippen LogP contribution >= 0.6 is 0 Å². The molecule has 0 saturated carbocycles. The number of rotatable bonds is 4. The molecule has 0 radical (unpaired) electrons. The van der Waals surface area contributed by atoms with E-state index in [4.69, 9.17) is 15.2 Å². The minimum atomic E-state index is 0.435. The van der Waals surface area contributed by atoms with Crippen molar-refractivity contribution >= 4 is 0 Å². The highest BCUT2D eigenvalue weighted by Gasteiger charge is 2.14. The quantitative estimate of drug-likeness (QED) is 0.865. The van der Waals surface area contributed by atoms with Gasteiger partial charge < -0.3 is 15.2 Å². The van der Waals surface area contributed by atoms with E-state index in [-0.39, 0.29) is 0 Å². The number of hydrogen-bond acceptors (Lipinski definition) is 4. The molecule has 1 aromatic heterocycles. The van der Waals surface area contributed by atoms with Crippen molar-refractivity contribution in [2.24, 2.45) is 5.73 Å². The van der Waals surface area contributed by atoms with Gasteiger partial charge in [-0.1, -0.05) is 0 Å². The van der Waals surface area contributed by atoms with Crippen LogP contribution in [-0.4, -0.2) is 24.4 Å². The molecule has 0 saturated heterocycles. The van der Waals surface area contributed by atoms with Gasteiger partial charge in [-0.05, 0) is 25.1 Å². The summed E-state index contributed by atoms with van der Waals surface area (Å²) in [7, 11) is 3.28. The largest absolute Gasteiger partial charge is 0.496 e. The van der Waals surface area contributed by atoms with Crippen LogP contribution in [0.25, 0.3) is 11.3 Å². The number of ether oxygens (including phenoxy) is 2. The first-order valence-electron chi connectivity index (χ1n) is 5.67. The molecule has 0 unspecified atom stereocenters. The second-order valence-corrected chi connectivity index (χ2v) is 3.96. The van der Waals surface area contributed by atoms with Gasteiger partial charge in [-0.3, -0.25) is 5.10 Å². The second kappa shape index (κ2) is 5.10. The van der Waals surface area contributed by atoms with Crippen LogP contribution in [0.3, 0.4) is 0 Å². The average molecular weight is 247 g/mol. The summed E-state index contributed by atoms with van der Waals surface area (Å²) < 4.78 is 10.7. The number of H-pyrrole nitrogens is 1. The second-order valence-electron chi connectivity index (χ2n) is 3.96. The van der Waals surface area contributed by atoms with E-state index in [1.165, 1.54) is 0 Å². The summed E-state index contributed by atoms with van der Waals surface area (Å²) in [5.41, 5.74) is 9.15. The normalized spacial score (nSPS) is 10.4. The van der Waals surface area contributed by atoms with E-state index < -0.39 is 0 Å². The van der Waals surface area contributed by atoms with Crippen molar-refractivity contribution < 1.29 is 9.47 Å². The molecule has 0 atom stereocenters. The third-order valence-electron chi connectivity index (χ3n) is 2.91. The maximum Gasteiger partial charge on any atom is 0.134 e. The highest BCUT2D eigenvalue weighted by Crippen LogP contribution is 2.36. The number of benzene rings is 1. The Morgan fingerprint density at radius 1 is 1.28 bits per heavy atom. The van der Waals surface area contributed by atoms with E-state index in [0.717, 1.165) is 34.0 Å². The molecule has 1 aromatic carbocycles. The molecule has 0 aliphatic carbocycles. The van der Waals surface area contributed by atoms with Crippen LogP contribution in [-0.2, 0) is 6.54 Å². The molecule has 0 amide bonds. The van der Waals surface area contributed by atoms with E-state index in [1.807, 2.05) is 25.1 Å². The van der Waals surface area contributed by atoms with Crippen LogP contribution in [0.5, 0.6) is 11.5 Å². The molecule has 18 heavy (non-hydrogen) atoms. The van der Waals surface area contributed by atoms with Crippen LogP contribution in [0.4, 0.5) is 0 Å². The van der Waals surface area contributed by atoms with Crippen molar-refractivity contribution in [3.8, 4) is 22.8 Å². The van der Waals surface area contributed by atoms with Gasteiger partial charge in [0.15, 0.2) is 0 Å². The van der Waals surface area contributed by atoms with Crippen LogP contribution in [0.2, 0.25) is 0 Å². The standard InChI is InChI=1S/C13H17N3O2/c1-8-12(17-2)5-4-10(13(8)18-3)11-6-9(7-14)15-16-11/h4-6H,7,14H2,1-3H3,(H,15,16). The molecule has 2 rings (SSSR count). The number of nitrogens with two attached hydrogens (primary N) is 1.